The van der Waals surface area contributed by atoms with E-state index < -0.39 is 5.97 Å². The van der Waals surface area contributed by atoms with Crippen molar-refractivity contribution < 1.29 is 19.1 Å². The maximum Gasteiger partial charge on any atom is 0.356 e. The van der Waals surface area contributed by atoms with E-state index >= 15 is 0 Å². The predicted octanol–water partition coefficient (Wildman–Crippen LogP) is 2.61. The highest BCUT2D eigenvalue weighted by molar-refractivity contribution is 5.87. The molecule has 2 atom stereocenters. The van der Waals surface area contributed by atoms with E-state index in [-0.39, 0.29) is 24.4 Å². The molecule has 5 heteroatoms. The summed E-state index contributed by atoms with van der Waals surface area (Å²) in [6, 6.07) is 5.10. The number of rotatable bonds is 5. The fourth-order valence-corrected chi connectivity index (χ4v) is 2.71. The van der Waals surface area contributed by atoms with Gasteiger partial charge in [0, 0.05) is 12.1 Å². The van der Waals surface area contributed by atoms with E-state index in [4.69, 9.17) is 9.47 Å². The number of carbonyl (C=O) groups excluding carboxylic acids is 2. The first kappa shape index (κ1) is 15.5. The number of ether oxygens (including phenoxy) is 2. The second-order valence-corrected chi connectivity index (χ2v) is 5.22. The Morgan fingerprint density at radius 1 is 1.24 bits per heavy atom. The number of pyridine rings is 1. The van der Waals surface area contributed by atoms with Gasteiger partial charge >= 0.3 is 11.9 Å². The summed E-state index contributed by atoms with van der Waals surface area (Å²) in [5.41, 5.74) is 0.293. The standard InChI is InChI=1S/C16H21NO4/c1-2-20-15(18)13-8-4-3-7-12(13)11-21-16(19)14-9-5-6-10-17-14/h5-6,9-10,12-13H,2-4,7-8,11H2,1H3. The number of nitrogens with zero attached hydrogens (tertiary/aromatic N) is 1. The number of hydrogen-bond acceptors (Lipinski definition) is 5. The van der Waals surface area contributed by atoms with Gasteiger partial charge < -0.3 is 9.47 Å². The zero-order valence-electron chi connectivity index (χ0n) is 12.3. The van der Waals surface area contributed by atoms with Gasteiger partial charge in [0.2, 0.25) is 0 Å². The Hall–Kier alpha value is -1.91. The first-order chi connectivity index (χ1) is 10.2. The third kappa shape index (κ3) is 4.28. The molecule has 0 amide bonds. The van der Waals surface area contributed by atoms with Gasteiger partial charge in [0.1, 0.15) is 5.69 Å². The largest absolute Gasteiger partial charge is 0.466 e. The molecule has 1 saturated carbocycles. The highest BCUT2D eigenvalue weighted by Crippen LogP contribution is 2.31. The van der Waals surface area contributed by atoms with Crippen LogP contribution in [0.3, 0.4) is 0 Å². The highest BCUT2D eigenvalue weighted by Gasteiger charge is 2.33. The zero-order chi connectivity index (χ0) is 15.1. The molecule has 0 spiro atoms. The molecule has 2 unspecified atom stereocenters. The van der Waals surface area contributed by atoms with E-state index in [0.29, 0.717) is 12.3 Å². The van der Waals surface area contributed by atoms with Crippen molar-refractivity contribution in [2.75, 3.05) is 13.2 Å². The Morgan fingerprint density at radius 3 is 2.76 bits per heavy atom. The van der Waals surface area contributed by atoms with Crippen molar-refractivity contribution >= 4 is 11.9 Å². The fraction of sp³-hybridized carbons (Fsp3) is 0.562. The van der Waals surface area contributed by atoms with Crippen molar-refractivity contribution in [2.24, 2.45) is 11.8 Å². The Bertz CT molecular complexity index is 474. The maximum absolute atomic E-state index is 11.9. The monoisotopic (exact) mass is 291 g/mol. The first-order valence-corrected chi connectivity index (χ1v) is 7.47. The van der Waals surface area contributed by atoms with Crippen LogP contribution < -0.4 is 0 Å². The Balaban J connectivity index is 1.90. The maximum atomic E-state index is 11.9. The minimum absolute atomic E-state index is 0.0467. The normalized spacial score (nSPS) is 21.6. The topological polar surface area (TPSA) is 65.5 Å². The molecule has 1 heterocycles. The van der Waals surface area contributed by atoms with Crippen molar-refractivity contribution in [2.45, 2.75) is 32.6 Å². The summed E-state index contributed by atoms with van der Waals surface area (Å²) in [7, 11) is 0. The summed E-state index contributed by atoms with van der Waals surface area (Å²) in [6.07, 6.45) is 5.33. The summed E-state index contributed by atoms with van der Waals surface area (Å²) < 4.78 is 10.4. The molecular weight excluding hydrogens is 270 g/mol. The molecule has 1 aliphatic rings. The quantitative estimate of drug-likeness (QED) is 0.780. The molecular formula is C16H21NO4. The van der Waals surface area contributed by atoms with Crippen LogP contribution in [0.4, 0.5) is 0 Å². The smallest absolute Gasteiger partial charge is 0.356 e. The molecule has 21 heavy (non-hydrogen) atoms. The number of aromatic nitrogens is 1. The van der Waals surface area contributed by atoms with E-state index in [1.807, 2.05) is 0 Å². The van der Waals surface area contributed by atoms with Crippen LogP contribution in [-0.4, -0.2) is 30.1 Å². The van der Waals surface area contributed by atoms with Crippen molar-refractivity contribution in [1.29, 1.82) is 0 Å². The Labute approximate surface area is 124 Å². The number of esters is 2. The summed E-state index contributed by atoms with van der Waals surface area (Å²) in [6.45, 7) is 2.44. The summed E-state index contributed by atoms with van der Waals surface area (Å²) in [5, 5.41) is 0. The lowest BCUT2D eigenvalue weighted by molar-refractivity contribution is -0.152. The van der Waals surface area contributed by atoms with Gasteiger partial charge in [-0.15, -0.1) is 0 Å². The minimum Gasteiger partial charge on any atom is -0.466 e. The third-order valence-corrected chi connectivity index (χ3v) is 3.80. The number of hydrogen-bond donors (Lipinski definition) is 0. The highest BCUT2D eigenvalue weighted by atomic mass is 16.5. The molecule has 0 N–H and O–H groups in total. The van der Waals surface area contributed by atoms with Crippen LogP contribution >= 0.6 is 0 Å². The van der Waals surface area contributed by atoms with E-state index in [2.05, 4.69) is 4.98 Å². The summed E-state index contributed by atoms with van der Waals surface area (Å²) in [5.74, 6) is -0.722. The summed E-state index contributed by atoms with van der Waals surface area (Å²) >= 11 is 0. The van der Waals surface area contributed by atoms with Gasteiger partial charge in [0.05, 0.1) is 19.1 Å². The van der Waals surface area contributed by atoms with Gasteiger partial charge in [-0.05, 0) is 31.9 Å². The van der Waals surface area contributed by atoms with Crippen molar-refractivity contribution in [3.05, 3.63) is 30.1 Å². The minimum atomic E-state index is -0.441. The van der Waals surface area contributed by atoms with Crippen molar-refractivity contribution in [3.8, 4) is 0 Å². The van der Waals surface area contributed by atoms with E-state index in [9.17, 15) is 9.59 Å². The first-order valence-electron chi connectivity index (χ1n) is 7.47. The predicted molar refractivity (Wildman–Crippen MR) is 76.6 cm³/mol. The van der Waals surface area contributed by atoms with Gasteiger partial charge in [-0.1, -0.05) is 18.9 Å². The van der Waals surface area contributed by atoms with Crippen LogP contribution in [0.1, 0.15) is 43.1 Å². The molecule has 1 aromatic heterocycles. The summed E-state index contributed by atoms with van der Waals surface area (Å²) in [4.78, 5) is 27.8. The van der Waals surface area contributed by atoms with Gasteiger partial charge in [-0.25, -0.2) is 9.78 Å². The average molecular weight is 291 g/mol. The molecule has 1 aliphatic carbocycles. The van der Waals surface area contributed by atoms with Crippen molar-refractivity contribution in [1.82, 2.24) is 4.98 Å². The van der Waals surface area contributed by atoms with Crippen LogP contribution in [0.25, 0.3) is 0 Å². The molecule has 114 valence electrons. The zero-order valence-corrected chi connectivity index (χ0v) is 12.3. The fourth-order valence-electron chi connectivity index (χ4n) is 2.71. The van der Waals surface area contributed by atoms with E-state index in [1.54, 1.807) is 31.3 Å². The lowest BCUT2D eigenvalue weighted by Crippen LogP contribution is -2.32. The van der Waals surface area contributed by atoms with Crippen LogP contribution in [0.2, 0.25) is 0 Å². The van der Waals surface area contributed by atoms with Crippen LogP contribution in [0, 0.1) is 11.8 Å². The van der Waals surface area contributed by atoms with Crippen molar-refractivity contribution in [3.63, 3.8) is 0 Å². The SMILES string of the molecule is CCOC(=O)C1CCCCC1COC(=O)c1ccccn1. The molecule has 1 fully saturated rings. The van der Waals surface area contributed by atoms with Crippen LogP contribution in [0.15, 0.2) is 24.4 Å². The lowest BCUT2D eigenvalue weighted by Gasteiger charge is -2.29. The lowest BCUT2D eigenvalue weighted by atomic mass is 9.80. The molecule has 0 aliphatic heterocycles. The molecule has 2 rings (SSSR count). The Kier molecular flexibility index (Phi) is 5.72. The van der Waals surface area contributed by atoms with Crippen LogP contribution in [-0.2, 0) is 14.3 Å². The molecule has 1 aromatic rings. The van der Waals surface area contributed by atoms with Gasteiger partial charge in [0.25, 0.3) is 0 Å². The van der Waals surface area contributed by atoms with Crippen LogP contribution in [0.5, 0.6) is 0 Å². The Morgan fingerprint density at radius 2 is 2.05 bits per heavy atom. The second kappa shape index (κ2) is 7.76. The van der Waals surface area contributed by atoms with Gasteiger partial charge in [-0.3, -0.25) is 4.79 Å². The molecule has 0 aromatic carbocycles. The third-order valence-electron chi connectivity index (χ3n) is 3.80. The van der Waals surface area contributed by atoms with Gasteiger partial charge in [-0.2, -0.15) is 0 Å². The second-order valence-electron chi connectivity index (χ2n) is 5.22. The average Bonchev–Trinajstić information content (AvgIpc) is 2.54. The van der Waals surface area contributed by atoms with Gasteiger partial charge in [0.15, 0.2) is 0 Å². The molecule has 5 nitrogen and oxygen atoms in total. The van der Waals surface area contributed by atoms with E-state index in [0.717, 1.165) is 25.7 Å². The molecule has 0 radical (unpaired) electrons. The molecule has 0 bridgehead atoms. The number of carbonyl (C=O) groups is 2. The van der Waals surface area contributed by atoms with E-state index in [1.165, 1.54) is 0 Å². The molecule has 0 saturated heterocycles.